The van der Waals surface area contributed by atoms with Crippen molar-refractivity contribution in [3.8, 4) is 0 Å². The Morgan fingerprint density at radius 1 is 1.38 bits per heavy atom. The molecule has 1 heterocycles. The summed E-state index contributed by atoms with van der Waals surface area (Å²) in [5, 5.41) is 0. The monoisotopic (exact) mass is 239 g/mol. The molecule has 1 aliphatic rings. The molecule has 1 unspecified atom stereocenters. The van der Waals surface area contributed by atoms with Crippen molar-refractivity contribution in [1.82, 2.24) is 4.90 Å². The number of ether oxygens (including phenoxy) is 1. The molecule has 0 saturated carbocycles. The standard InChI is InChI=1S/C11H10ClNO3/c12-9-11(15)13(6-7-16-9)10(14)8-4-2-1-3-5-8/h1-5,9H,6-7H2. The van der Waals surface area contributed by atoms with E-state index in [1.165, 1.54) is 0 Å². The number of halogens is 1. The molecule has 0 N–H and O–H groups in total. The number of benzene rings is 1. The van der Waals surface area contributed by atoms with Crippen LogP contribution in [0.3, 0.4) is 0 Å². The van der Waals surface area contributed by atoms with Gasteiger partial charge < -0.3 is 4.74 Å². The number of carbonyl (C=O) groups excluding carboxylic acids is 2. The summed E-state index contributed by atoms with van der Waals surface area (Å²) in [5.74, 6) is -0.832. The van der Waals surface area contributed by atoms with E-state index in [0.29, 0.717) is 5.56 Å². The van der Waals surface area contributed by atoms with Crippen LogP contribution < -0.4 is 0 Å². The number of rotatable bonds is 1. The largest absolute Gasteiger partial charge is 0.352 e. The van der Waals surface area contributed by atoms with Gasteiger partial charge in [-0.1, -0.05) is 29.8 Å². The average molecular weight is 240 g/mol. The molecule has 0 aliphatic carbocycles. The van der Waals surface area contributed by atoms with E-state index < -0.39 is 11.5 Å². The lowest BCUT2D eigenvalue weighted by atomic mass is 10.2. The van der Waals surface area contributed by atoms with Gasteiger partial charge in [-0.2, -0.15) is 0 Å². The molecule has 5 heteroatoms. The third-order valence-electron chi connectivity index (χ3n) is 2.31. The summed E-state index contributed by atoms with van der Waals surface area (Å²) in [4.78, 5) is 24.7. The van der Waals surface area contributed by atoms with E-state index in [1.807, 2.05) is 6.07 Å². The Balaban J connectivity index is 2.19. The van der Waals surface area contributed by atoms with Gasteiger partial charge in [0, 0.05) is 5.56 Å². The van der Waals surface area contributed by atoms with E-state index >= 15 is 0 Å². The minimum absolute atomic E-state index is 0.246. The Hall–Kier alpha value is -1.39. The zero-order valence-corrected chi connectivity index (χ0v) is 9.18. The SMILES string of the molecule is O=C(c1ccccc1)N1CCOC(Cl)C1=O. The van der Waals surface area contributed by atoms with E-state index in [9.17, 15) is 9.59 Å². The summed E-state index contributed by atoms with van der Waals surface area (Å²) in [6.07, 6.45) is 0. The number of nitrogens with zero attached hydrogens (tertiary/aromatic N) is 1. The molecule has 4 nitrogen and oxygen atoms in total. The summed E-state index contributed by atoms with van der Waals surface area (Å²) in [7, 11) is 0. The van der Waals surface area contributed by atoms with Crippen molar-refractivity contribution in [1.29, 1.82) is 0 Å². The third-order valence-corrected chi connectivity index (χ3v) is 2.62. The van der Waals surface area contributed by atoms with Crippen molar-refractivity contribution in [2.24, 2.45) is 0 Å². The van der Waals surface area contributed by atoms with Gasteiger partial charge in [-0.3, -0.25) is 14.5 Å². The first kappa shape index (κ1) is 11.1. The fourth-order valence-electron chi connectivity index (χ4n) is 1.49. The molecule has 2 rings (SSSR count). The predicted octanol–water partition coefficient (Wildman–Crippen LogP) is 1.25. The van der Waals surface area contributed by atoms with Crippen LogP contribution in [0.15, 0.2) is 30.3 Å². The number of amides is 2. The van der Waals surface area contributed by atoms with Gasteiger partial charge in [0.05, 0.1) is 13.2 Å². The smallest absolute Gasteiger partial charge is 0.274 e. The van der Waals surface area contributed by atoms with Crippen LogP contribution >= 0.6 is 11.6 Å². The molecule has 1 saturated heterocycles. The van der Waals surface area contributed by atoms with Gasteiger partial charge in [0.2, 0.25) is 5.56 Å². The topological polar surface area (TPSA) is 46.6 Å². The number of morpholine rings is 1. The first-order valence-electron chi connectivity index (χ1n) is 4.86. The zero-order valence-electron chi connectivity index (χ0n) is 8.43. The Kier molecular flexibility index (Phi) is 3.22. The maximum atomic E-state index is 11.9. The molecule has 84 valence electrons. The van der Waals surface area contributed by atoms with Crippen molar-refractivity contribution >= 4 is 23.4 Å². The predicted molar refractivity (Wildman–Crippen MR) is 58.1 cm³/mol. The van der Waals surface area contributed by atoms with E-state index in [0.717, 1.165) is 4.90 Å². The van der Waals surface area contributed by atoms with Crippen molar-refractivity contribution < 1.29 is 14.3 Å². The maximum absolute atomic E-state index is 11.9. The lowest BCUT2D eigenvalue weighted by Gasteiger charge is -2.27. The summed E-state index contributed by atoms with van der Waals surface area (Å²) in [5.41, 5.74) is -0.581. The Labute approximate surface area is 97.7 Å². The molecule has 1 atom stereocenters. The minimum Gasteiger partial charge on any atom is -0.352 e. The van der Waals surface area contributed by atoms with Crippen LogP contribution in [0.25, 0.3) is 0 Å². The van der Waals surface area contributed by atoms with Crippen LogP contribution in [0.2, 0.25) is 0 Å². The van der Waals surface area contributed by atoms with Crippen LogP contribution in [0.1, 0.15) is 10.4 Å². The molecule has 1 aliphatic heterocycles. The molecule has 0 spiro atoms. The normalized spacial score (nSPS) is 20.9. The number of alkyl halides is 1. The summed E-state index contributed by atoms with van der Waals surface area (Å²) >= 11 is 5.63. The van der Waals surface area contributed by atoms with Gasteiger partial charge in [0.25, 0.3) is 11.8 Å². The third kappa shape index (κ3) is 2.08. The molecule has 2 amide bonds. The fourth-order valence-corrected chi connectivity index (χ4v) is 1.70. The molecular formula is C11H10ClNO3. The zero-order chi connectivity index (χ0) is 11.5. The lowest BCUT2D eigenvalue weighted by Crippen LogP contribution is -2.48. The Morgan fingerprint density at radius 2 is 2.06 bits per heavy atom. The van der Waals surface area contributed by atoms with Crippen molar-refractivity contribution in [3.63, 3.8) is 0 Å². The number of hydrogen-bond donors (Lipinski definition) is 0. The van der Waals surface area contributed by atoms with E-state index in [4.69, 9.17) is 16.3 Å². The van der Waals surface area contributed by atoms with Crippen molar-refractivity contribution in [2.45, 2.75) is 5.56 Å². The Bertz CT molecular complexity index is 407. The summed E-state index contributed by atoms with van der Waals surface area (Å²) in [6.45, 7) is 0.522. The van der Waals surface area contributed by atoms with Crippen LogP contribution in [-0.4, -0.2) is 35.4 Å². The second-order valence-corrected chi connectivity index (χ2v) is 3.74. The minimum atomic E-state index is -1.05. The second-order valence-electron chi connectivity index (χ2n) is 3.35. The van der Waals surface area contributed by atoms with E-state index in [1.54, 1.807) is 24.3 Å². The molecule has 16 heavy (non-hydrogen) atoms. The van der Waals surface area contributed by atoms with Gasteiger partial charge in [0.15, 0.2) is 0 Å². The molecule has 0 bridgehead atoms. The fraction of sp³-hybridized carbons (Fsp3) is 0.273. The van der Waals surface area contributed by atoms with Gasteiger partial charge in [0.1, 0.15) is 0 Å². The summed E-state index contributed by atoms with van der Waals surface area (Å²) in [6, 6.07) is 8.62. The molecule has 0 radical (unpaired) electrons. The van der Waals surface area contributed by atoms with Gasteiger partial charge in [-0.15, -0.1) is 0 Å². The lowest BCUT2D eigenvalue weighted by molar-refractivity contribution is -0.142. The van der Waals surface area contributed by atoms with Crippen LogP contribution in [0.5, 0.6) is 0 Å². The highest BCUT2D eigenvalue weighted by Crippen LogP contribution is 2.14. The van der Waals surface area contributed by atoms with Gasteiger partial charge in [-0.25, -0.2) is 0 Å². The number of imide groups is 1. The van der Waals surface area contributed by atoms with Crippen LogP contribution in [-0.2, 0) is 9.53 Å². The van der Waals surface area contributed by atoms with Crippen LogP contribution in [0, 0.1) is 0 Å². The highest BCUT2D eigenvalue weighted by Gasteiger charge is 2.32. The maximum Gasteiger partial charge on any atom is 0.274 e. The second kappa shape index (κ2) is 4.63. The number of carbonyl (C=O) groups is 2. The molecular weight excluding hydrogens is 230 g/mol. The molecule has 1 aromatic rings. The van der Waals surface area contributed by atoms with Gasteiger partial charge in [-0.05, 0) is 12.1 Å². The van der Waals surface area contributed by atoms with E-state index in [2.05, 4.69) is 0 Å². The first-order valence-corrected chi connectivity index (χ1v) is 5.30. The first-order chi connectivity index (χ1) is 7.70. The van der Waals surface area contributed by atoms with Crippen molar-refractivity contribution in [3.05, 3.63) is 35.9 Å². The average Bonchev–Trinajstić information content (AvgIpc) is 2.33. The van der Waals surface area contributed by atoms with Crippen molar-refractivity contribution in [2.75, 3.05) is 13.2 Å². The molecule has 0 aromatic heterocycles. The molecule has 1 aromatic carbocycles. The van der Waals surface area contributed by atoms with Gasteiger partial charge >= 0.3 is 0 Å². The Morgan fingerprint density at radius 3 is 2.75 bits per heavy atom. The van der Waals surface area contributed by atoms with Crippen LogP contribution in [0.4, 0.5) is 0 Å². The molecule has 1 fully saturated rings. The van der Waals surface area contributed by atoms with E-state index in [-0.39, 0.29) is 19.1 Å². The highest BCUT2D eigenvalue weighted by atomic mass is 35.5. The summed E-state index contributed by atoms with van der Waals surface area (Å²) < 4.78 is 4.93. The quantitative estimate of drug-likeness (QED) is 0.547. The number of hydrogen-bond acceptors (Lipinski definition) is 3. The highest BCUT2D eigenvalue weighted by molar-refractivity contribution is 6.31.